The second kappa shape index (κ2) is 5.94. The smallest absolute Gasteiger partial charge is 0.182 e. The molecule has 2 rings (SSSR count). The number of benzene rings is 1. The van der Waals surface area contributed by atoms with E-state index in [9.17, 15) is 4.79 Å². The van der Waals surface area contributed by atoms with Crippen LogP contribution in [0.1, 0.15) is 23.2 Å². The highest BCUT2D eigenvalue weighted by molar-refractivity contribution is 6.00. The molecule has 0 saturated carbocycles. The van der Waals surface area contributed by atoms with Crippen LogP contribution in [0.4, 0.5) is 0 Å². The van der Waals surface area contributed by atoms with Gasteiger partial charge < -0.3 is 4.74 Å². The number of Topliss-reactive ketones (excluding diaryl/α,β-unsaturated/α-hetero) is 1. The number of ether oxygens (including phenoxy) is 1. The normalized spacial score (nSPS) is 18.2. The topological polar surface area (TPSA) is 29.5 Å². The van der Waals surface area contributed by atoms with Crippen LogP contribution in [0.5, 0.6) is 0 Å². The van der Waals surface area contributed by atoms with Gasteiger partial charge in [-0.15, -0.1) is 0 Å². The predicted molar refractivity (Wildman–Crippen MR) is 67.2 cm³/mol. The molecule has 17 heavy (non-hydrogen) atoms. The summed E-state index contributed by atoms with van der Waals surface area (Å²) in [5, 5.41) is 0. The van der Waals surface area contributed by atoms with Crippen molar-refractivity contribution in [2.24, 2.45) is 0 Å². The van der Waals surface area contributed by atoms with Gasteiger partial charge >= 0.3 is 0 Å². The zero-order valence-corrected chi connectivity index (χ0v) is 10.3. The minimum absolute atomic E-state index is 0.120. The lowest BCUT2D eigenvalue weighted by molar-refractivity contribution is 0.0669. The van der Waals surface area contributed by atoms with Crippen LogP contribution in [0, 0.1) is 0 Å². The van der Waals surface area contributed by atoms with E-state index in [4.69, 9.17) is 4.74 Å². The van der Waals surface area contributed by atoms with Crippen molar-refractivity contribution in [3.8, 4) is 0 Å². The molecule has 1 heterocycles. The van der Waals surface area contributed by atoms with Gasteiger partial charge in [-0.25, -0.2) is 0 Å². The zero-order chi connectivity index (χ0) is 12.1. The van der Waals surface area contributed by atoms with Crippen molar-refractivity contribution in [3.63, 3.8) is 0 Å². The predicted octanol–water partition coefficient (Wildman–Crippen LogP) is 1.98. The molecule has 1 aliphatic heterocycles. The van der Waals surface area contributed by atoms with Crippen molar-refractivity contribution in [3.05, 3.63) is 35.9 Å². The number of likely N-dealkylation sites (tertiary alicyclic amines) is 1. The Morgan fingerprint density at radius 3 is 2.53 bits per heavy atom. The molecular formula is C14H19NO2. The van der Waals surface area contributed by atoms with E-state index in [1.807, 2.05) is 30.3 Å². The average Bonchev–Trinajstić information content (AvgIpc) is 2.90. The summed E-state index contributed by atoms with van der Waals surface area (Å²) in [6, 6.07) is 9.37. The molecule has 1 atom stereocenters. The first-order chi connectivity index (χ1) is 8.33. The maximum atomic E-state index is 12.4. The van der Waals surface area contributed by atoms with Gasteiger partial charge in [-0.1, -0.05) is 30.3 Å². The number of carbonyl (C=O) groups excluding carboxylic acids is 1. The summed E-state index contributed by atoms with van der Waals surface area (Å²) < 4.78 is 5.20. The lowest BCUT2D eigenvalue weighted by Gasteiger charge is -2.25. The van der Waals surface area contributed by atoms with Crippen molar-refractivity contribution >= 4 is 5.78 Å². The van der Waals surface area contributed by atoms with Gasteiger partial charge in [0.15, 0.2) is 5.78 Å². The number of nitrogens with zero attached hydrogens (tertiary/aromatic N) is 1. The first-order valence-corrected chi connectivity index (χ1v) is 6.15. The molecule has 1 aromatic rings. The Hall–Kier alpha value is -1.19. The summed E-state index contributed by atoms with van der Waals surface area (Å²) in [5.74, 6) is 0.175. The number of hydrogen-bond acceptors (Lipinski definition) is 3. The lowest BCUT2D eigenvalue weighted by Crippen LogP contribution is -2.42. The third kappa shape index (κ3) is 2.93. The first-order valence-electron chi connectivity index (χ1n) is 6.15. The molecule has 0 N–H and O–H groups in total. The van der Waals surface area contributed by atoms with Gasteiger partial charge in [0.2, 0.25) is 0 Å². The Bertz CT molecular complexity index is 358. The van der Waals surface area contributed by atoms with Crippen LogP contribution in [0.25, 0.3) is 0 Å². The lowest BCUT2D eigenvalue weighted by atomic mass is 10.0. The molecule has 3 heteroatoms. The molecule has 1 unspecified atom stereocenters. The zero-order valence-electron chi connectivity index (χ0n) is 10.3. The van der Waals surface area contributed by atoms with Crippen molar-refractivity contribution in [1.82, 2.24) is 4.90 Å². The maximum Gasteiger partial charge on any atom is 0.182 e. The molecule has 92 valence electrons. The van der Waals surface area contributed by atoms with Crippen LogP contribution < -0.4 is 0 Å². The van der Waals surface area contributed by atoms with Crippen molar-refractivity contribution in [2.75, 3.05) is 26.8 Å². The molecule has 0 spiro atoms. The summed E-state index contributed by atoms with van der Waals surface area (Å²) >= 11 is 0. The van der Waals surface area contributed by atoms with Gasteiger partial charge in [0, 0.05) is 12.7 Å². The fourth-order valence-corrected chi connectivity index (χ4v) is 2.35. The van der Waals surface area contributed by atoms with E-state index in [2.05, 4.69) is 4.90 Å². The Balaban J connectivity index is 2.12. The van der Waals surface area contributed by atoms with Crippen LogP contribution in [0.3, 0.4) is 0 Å². The Kier molecular flexibility index (Phi) is 4.29. The highest BCUT2D eigenvalue weighted by Gasteiger charge is 2.28. The van der Waals surface area contributed by atoms with Crippen LogP contribution >= 0.6 is 0 Å². The average molecular weight is 233 g/mol. The molecular weight excluding hydrogens is 214 g/mol. The van der Waals surface area contributed by atoms with Gasteiger partial charge in [-0.3, -0.25) is 9.69 Å². The van der Waals surface area contributed by atoms with Crippen LogP contribution in [-0.2, 0) is 4.74 Å². The van der Waals surface area contributed by atoms with Gasteiger partial charge in [0.05, 0.1) is 12.6 Å². The van der Waals surface area contributed by atoms with E-state index in [1.165, 1.54) is 12.8 Å². The van der Waals surface area contributed by atoms with E-state index in [0.717, 1.165) is 18.7 Å². The number of rotatable bonds is 5. The van der Waals surface area contributed by atoms with Gasteiger partial charge in [0.25, 0.3) is 0 Å². The molecule has 0 radical (unpaired) electrons. The van der Waals surface area contributed by atoms with Crippen molar-refractivity contribution in [1.29, 1.82) is 0 Å². The number of methoxy groups -OCH3 is 1. The second-order valence-corrected chi connectivity index (χ2v) is 4.44. The van der Waals surface area contributed by atoms with Gasteiger partial charge in [-0.05, 0) is 25.9 Å². The van der Waals surface area contributed by atoms with Crippen molar-refractivity contribution < 1.29 is 9.53 Å². The quantitative estimate of drug-likeness (QED) is 0.728. The molecule has 0 bridgehead atoms. The maximum absolute atomic E-state index is 12.4. The summed E-state index contributed by atoms with van der Waals surface area (Å²) in [6.45, 7) is 2.49. The van der Waals surface area contributed by atoms with Crippen LogP contribution in [-0.4, -0.2) is 43.5 Å². The Labute approximate surface area is 102 Å². The molecule has 1 aliphatic rings. The minimum Gasteiger partial charge on any atom is -0.383 e. The SMILES string of the molecule is COCC(C(=O)c1ccccc1)N1CCCC1. The standard InChI is InChI=1S/C14H19NO2/c1-17-11-13(15-9-5-6-10-15)14(16)12-7-3-2-4-8-12/h2-4,7-8,13H,5-6,9-11H2,1H3. The summed E-state index contributed by atoms with van der Waals surface area (Å²) in [6.07, 6.45) is 2.37. The molecule has 0 aromatic heterocycles. The Morgan fingerprint density at radius 1 is 1.29 bits per heavy atom. The second-order valence-electron chi connectivity index (χ2n) is 4.44. The highest BCUT2D eigenvalue weighted by atomic mass is 16.5. The largest absolute Gasteiger partial charge is 0.383 e. The first kappa shape index (κ1) is 12.3. The molecule has 3 nitrogen and oxygen atoms in total. The van der Waals surface area contributed by atoms with E-state index in [0.29, 0.717) is 6.61 Å². The number of ketones is 1. The summed E-state index contributed by atoms with van der Waals surface area (Å²) in [7, 11) is 1.65. The molecule has 1 aromatic carbocycles. The summed E-state index contributed by atoms with van der Waals surface area (Å²) in [4.78, 5) is 14.6. The van der Waals surface area contributed by atoms with Crippen LogP contribution in [0.2, 0.25) is 0 Å². The van der Waals surface area contributed by atoms with Crippen molar-refractivity contribution in [2.45, 2.75) is 18.9 Å². The molecule has 0 aliphatic carbocycles. The number of hydrogen-bond donors (Lipinski definition) is 0. The van der Waals surface area contributed by atoms with E-state index < -0.39 is 0 Å². The third-order valence-electron chi connectivity index (χ3n) is 3.27. The minimum atomic E-state index is -0.120. The fourth-order valence-electron chi connectivity index (χ4n) is 2.35. The molecule has 1 saturated heterocycles. The summed E-state index contributed by atoms with van der Waals surface area (Å²) in [5.41, 5.74) is 0.779. The highest BCUT2D eigenvalue weighted by Crippen LogP contribution is 2.16. The van der Waals surface area contributed by atoms with E-state index in [-0.39, 0.29) is 11.8 Å². The van der Waals surface area contributed by atoms with E-state index >= 15 is 0 Å². The van der Waals surface area contributed by atoms with Crippen LogP contribution in [0.15, 0.2) is 30.3 Å². The molecule has 0 amide bonds. The van der Waals surface area contributed by atoms with E-state index in [1.54, 1.807) is 7.11 Å². The monoisotopic (exact) mass is 233 g/mol. The number of carbonyl (C=O) groups is 1. The Morgan fingerprint density at radius 2 is 1.94 bits per heavy atom. The third-order valence-corrected chi connectivity index (χ3v) is 3.27. The molecule has 1 fully saturated rings. The van der Waals surface area contributed by atoms with Gasteiger partial charge in [-0.2, -0.15) is 0 Å². The van der Waals surface area contributed by atoms with Gasteiger partial charge in [0.1, 0.15) is 0 Å². The fraction of sp³-hybridized carbons (Fsp3) is 0.500.